The van der Waals surface area contributed by atoms with E-state index < -0.39 is 6.61 Å². The second-order valence-electron chi connectivity index (χ2n) is 6.84. The van der Waals surface area contributed by atoms with Crippen LogP contribution in [0.4, 0.5) is 13.6 Å². The molecule has 0 radical (unpaired) electrons. The topological polar surface area (TPSA) is 63.2 Å². The lowest BCUT2D eigenvalue weighted by Gasteiger charge is -2.28. The molecule has 1 aromatic rings. The molecule has 2 bridgehead atoms. The van der Waals surface area contributed by atoms with Gasteiger partial charge in [-0.05, 0) is 55.6 Å². The van der Waals surface area contributed by atoms with E-state index in [-0.39, 0.29) is 24.5 Å². The number of hydrogen-bond acceptors (Lipinski definition) is 3. The van der Waals surface area contributed by atoms with Gasteiger partial charge in [-0.3, -0.25) is 0 Å². The molecule has 0 aromatic carbocycles. The van der Waals surface area contributed by atoms with Crippen LogP contribution >= 0.6 is 0 Å². The Kier molecular flexibility index (Phi) is 5.16. The largest absolute Gasteiger partial charge is 0.417 e. The van der Waals surface area contributed by atoms with Crippen LogP contribution in [-0.4, -0.2) is 23.7 Å². The van der Waals surface area contributed by atoms with E-state index in [4.69, 9.17) is 0 Å². The Morgan fingerprint density at radius 2 is 2.25 bits per heavy atom. The Balaban J connectivity index is 1.45. The molecule has 2 fully saturated rings. The number of ether oxygens (including phenoxy) is 1. The van der Waals surface area contributed by atoms with Gasteiger partial charge in [-0.1, -0.05) is 6.42 Å². The third-order valence-electron chi connectivity index (χ3n) is 5.26. The number of fused-ring (bicyclic) bond motifs is 2. The maximum absolute atomic E-state index is 12.2. The summed E-state index contributed by atoms with van der Waals surface area (Å²) in [4.78, 5) is 15.8. The summed E-state index contributed by atoms with van der Waals surface area (Å²) in [6.45, 7) is -0.616. The molecule has 3 rings (SSSR count). The lowest BCUT2D eigenvalue weighted by Crippen LogP contribution is -2.45. The van der Waals surface area contributed by atoms with Crippen molar-refractivity contribution in [2.75, 3.05) is 0 Å². The molecule has 1 aromatic heterocycles. The van der Waals surface area contributed by atoms with Gasteiger partial charge in [-0.25, -0.2) is 9.78 Å². The van der Waals surface area contributed by atoms with Crippen LogP contribution in [0.5, 0.6) is 5.88 Å². The van der Waals surface area contributed by atoms with Crippen molar-refractivity contribution in [3.05, 3.63) is 23.9 Å². The molecule has 5 nitrogen and oxygen atoms in total. The first-order chi connectivity index (χ1) is 11.5. The van der Waals surface area contributed by atoms with Gasteiger partial charge >= 0.3 is 12.6 Å². The van der Waals surface area contributed by atoms with Gasteiger partial charge in [-0.15, -0.1) is 0 Å². The molecule has 2 saturated carbocycles. The maximum atomic E-state index is 12.2. The monoisotopic (exact) mass is 339 g/mol. The van der Waals surface area contributed by atoms with Gasteiger partial charge in [0.25, 0.3) is 0 Å². The minimum Gasteiger partial charge on any atom is -0.417 e. The first-order valence-electron chi connectivity index (χ1n) is 8.45. The van der Waals surface area contributed by atoms with Crippen LogP contribution in [0, 0.1) is 17.8 Å². The average molecular weight is 339 g/mol. The zero-order valence-electron chi connectivity index (χ0n) is 13.7. The number of carbonyl (C=O) groups excluding carboxylic acids is 1. The highest BCUT2D eigenvalue weighted by molar-refractivity contribution is 5.74. The van der Waals surface area contributed by atoms with E-state index in [9.17, 15) is 13.6 Å². The van der Waals surface area contributed by atoms with Gasteiger partial charge in [0.05, 0.1) is 0 Å². The van der Waals surface area contributed by atoms with Crippen LogP contribution in [0.1, 0.15) is 38.2 Å². The second kappa shape index (κ2) is 7.32. The molecule has 24 heavy (non-hydrogen) atoms. The van der Waals surface area contributed by atoms with E-state index in [1.54, 1.807) is 6.07 Å². The summed E-state index contributed by atoms with van der Waals surface area (Å²) in [6.07, 6.45) is 6.52. The molecular formula is C17H23F2N3O2. The van der Waals surface area contributed by atoms with Crippen LogP contribution in [0.15, 0.2) is 18.3 Å². The van der Waals surface area contributed by atoms with Crippen LogP contribution in [0.2, 0.25) is 0 Å². The summed E-state index contributed by atoms with van der Waals surface area (Å²) in [5, 5.41) is 5.76. The molecule has 4 unspecified atom stereocenters. The fourth-order valence-electron chi connectivity index (χ4n) is 4.17. The van der Waals surface area contributed by atoms with Gasteiger partial charge in [0.2, 0.25) is 5.88 Å². The lowest BCUT2D eigenvalue weighted by atomic mass is 9.84. The third kappa shape index (κ3) is 4.13. The number of alkyl halides is 2. The Hall–Kier alpha value is -1.92. The van der Waals surface area contributed by atoms with E-state index in [2.05, 4.69) is 27.3 Å². The quantitative estimate of drug-likeness (QED) is 0.836. The normalized spacial score (nSPS) is 26.4. The molecule has 2 amide bonds. The van der Waals surface area contributed by atoms with Crippen molar-refractivity contribution in [2.45, 2.75) is 51.8 Å². The van der Waals surface area contributed by atoms with E-state index in [0.29, 0.717) is 11.5 Å². The van der Waals surface area contributed by atoms with Crippen molar-refractivity contribution >= 4 is 6.03 Å². The summed E-state index contributed by atoms with van der Waals surface area (Å²) < 4.78 is 28.6. The van der Waals surface area contributed by atoms with Crippen molar-refractivity contribution in [1.29, 1.82) is 0 Å². The second-order valence-corrected chi connectivity index (χ2v) is 6.84. The van der Waals surface area contributed by atoms with Crippen LogP contribution < -0.4 is 15.4 Å². The van der Waals surface area contributed by atoms with Crippen molar-refractivity contribution in [3.8, 4) is 5.88 Å². The summed E-state index contributed by atoms with van der Waals surface area (Å²) in [7, 11) is 0. The molecule has 0 aliphatic heterocycles. The first-order valence-corrected chi connectivity index (χ1v) is 8.45. The number of pyridine rings is 1. The summed E-state index contributed by atoms with van der Waals surface area (Å²) >= 11 is 0. The molecule has 2 N–H and O–H groups in total. The van der Waals surface area contributed by atoms with Crippen molar-refractivity contribution in [1.82, 2.24) is 15.6 Å². The Bertz CT molecular complexity index is 585. The number of aromatic nitrogens is 1. The highest BCUT2D eigenvalue weighted by Gasteiger charge is 2.42. The zero-order chi connectivity index (χ0) is 17.1. The molecule has 0 spiro atoms. The van der Waals surface area contributed by atoms with E-state index in [1.807, 2.05) is 0 Å². The molecule has 2 aliphatic rings. The summed E-state index contributed by atoms with van der Waals surface area (Å²) in [5.74, 6) is 2.01. The van der Waals surface area contributed by atoms with Gasteiger partial charge in [-0.2, -0.15) is 8.78 Å². The highest BCUT2D eigenvalue weighted by atomic mass is 19.3. The van der Waals surface area contributed by atoms with Gasteiger partial charge in [0, 0.05) is 24.8 Å². The Labute approximate surface area is 140 Å². The van der Waals surface area contributed by atoms with Crippen molar-refractivity contribution in [3.63, 3.8) is 0 Å². The van der Waals surface area contributed by atoms with Gasteiger partial charge in [0.15, 0.2) is 0 Å². The standard InChI is InChI=1S/C17H23F2N3O2/c1-10(14-7-11-2-3-13(14)6-11)22-17(23)21-9-12-4-5-20-15(8-12)24-16(18)19/h4-5,8,10-11,13-14,16H,2-3,6-7,9H2,1H3,(H2,21,22,23). The molecule has 0 saturated heterocycles. The van der Waals surface area contributed by atoms with Gasteiger partial charge in [0.1, 0.15) is 0 Å². The minimum atomic E-state index is -2.91. The summed E-state index contributed by atoms with van der Waals surface area (Å²) in [6, 6.07) is 2.96. The molecular weight excluding hydrogens is 316 g/mol. The third-order valence-corrected chi connectivity index (χ3v) is 5.26. The van der Waals surface area contributed by atoms with E-state index in [0.717, 1.165) is 11.8 Å². The molecule has 7 heteroatoms. The van der Waals surface area contributed by atoms with Crippen molar-refractivity contribution in [2.24, 2.45) is 17.8 Å². The predicted octanol–water partition coefficient (Wildman–Crippen LogP) is 3.31. The van der Waals surface area contributed by atoms with Crippen LogP contribution in [0.25, 0.3) is 0 Å². The molecule has 4 atom stereocenters. The highest BCUT2D eigenvalue weighted by Crippen LogP contribution is 2.49. The number of amides is 2. The molecule has 2 aliphatic carbocycles. The molecule has 132 valence electrons. The van der Waals surface area contributed by atoms with E-state index in [1.165, 1.54) is 37.9 Å². The number of nitrogens with one attached hydrogen (secondary N) is 2. The number of rotatable bonds is 6. The summed E-state index contributed by atoms with van der Waals surface area (Å²) in [5.41, 5.74) is 0.656. The smallest absolute Gasteiger partial charge is 0.388 e. The SMILES string of the molecule is CC(NC(=O)NCc1ccnc(OC(F)F)c1)C1CC2CCC1C2. The zero-order valence-corrected chi connectivity index (χ0v) is 13.7. The average Bonchev–Trinajstić information content (AvgIpc) is 3.15. The fourth-order valence-corrected chi connectivity index (χ4v) is 4.17. The number of hydrogen-bond donors (Lipinski definition) is 2. The molecule has 1 heterocycles. The Morgan fingerprint density at radius 1 is 1.42 bits per heavy atom. The van der Waals surface area contributed by atoms with Crippen LogP contribution in [0.3, 0.4) is 0 Å². The van der Waals surface area contributed by atoms with Crippen LogP contribution in [-0.2, 0) is 6.54 Å². The maximum Gasteiger partial charge on any atom is 0.388 e. The minimum absolute atomic E-state index is 0.149. The van der Waals surface area contributed by atoms with Crippen molar-refractivity contribution < 1.29 is 18.3 Å². The van der Waals surface area contributed by atoms with E-state index >= 15 is 0 Å². The van der Waals surface area contributed by atoms with Gasteiger partial charge < -0.3 is 15.4 Å². The number of carbonyl (C=O) groups is 1. The first kappa shape index (κ1) is 16.9. The lowest BCUT2D eigenvalue weighted by molar-refractivity contribution is -0.0529. The number of halogens is 2. The number of nitrogens with zero attached hydrogens (tertiary/aromatic N) is 1. The Morgan fingerprint density at radius 3 is 2.92 bits per heavy atom. The predicted molar refractivity (Wildman–Crippen MR) is 84.6 cm³/mol. The fraction of sp³-hybridized carbons (Fsp3) is 0.647. The number of urea groups is 1.